The number of hydrogen-bond donors (Lipinski definition) is 0. The molecule has 2 fully saturated rings. The molecule has 0 radical (unpaired) electrons. The molecule has 2 aliphatic heterocycles. The van der Waals surface area contributed by atoms with Crippen molar-refractivity contribution < 1.29 is 4.74 Å². The van der Waals surface area contributed by atoms with Gasteiger partial charge in [-0.2, -0.15) is 11.8 Å². The van der Waals surface area contributed by atoms with Gasteiger partial charge in [-0.15, -0.1) is 0 Å². The van der Waals surface area contributed by atoms with Gasteiger partial charge in [-0.25, -0.2) is 0 Å². The third-order valence-corrected chi connectivity index (χ3v) is 5.30. The van der Waals surface area contributed by atoms with E-state index in [-0.39, 0.29) is 5.60 Å². The van der Waals surface area contributed by atoms with Crippen LogP contribution in [-0.4, -0.2) is 23.2 Å². The zero-order valence-corrected chi connectivity index (χ0v) is 8.33. The molecule has 2 heterocycles. The predicted molar refractivity (Wildman–Crippen MR) is 49.0 cm³/mol. The summed E-state index contributed by atoms with van der Waals surface area (Å²) in [6, 6.07) is 0. The van der Waals surface area contributed by atoms with Crippen LogP contribution in [0.15, 0.2) is 0 Å². The van der Waals surface area contributed by atoms with Gasteiger partial charge < -0.3 is 4.74 Å². The van der Waals surface area contributed by atoms with E-state index in [4.69, 9.17) is 4.74 Å². The Morgan fingerprint density at radius 2 is 2.00 bits per heavy atom. The molecule has 2 aliphatic rings. The van der Waals surface area contributed by atoms with Gasteiger partial charge in [0, 0.05) is 11.7 Å². The summed E-state index contributed by atoms with van der Waals surface area (Å²) in [6.45, 7) is 7.93. The van der Waals surface area contributed by atoms with Crippen LogP contribution in [0.25, 0.3) is 0 Å². The Hall–Kier alpha value is 0.310. The SMILES string of the molecule is CC1(C)CSC1C1(C)CCO1. The topological polar surface area (TPSA) is 9.23 Å². The third-order valence-electron chi connectivity index (χ3n) is 2.92. The van der Waals surface area contributed by atoms with Crippen molar-refractivity contribution in [3.05, 3.63) is 0 Å². The standard InChI is InChI=1S/C9H16OS/c1-8(2)6-11-7(8)9(3)4-5-10-9/h7H,4-6H2,1-3H3. The van der Waals surface area contributed by atoms with Gasteiger partial charge in [0.25, 0.3) is 0 Å². The molecule has 2 atom stereocenters. The molecule has 0 bridgehead atoms. The number of rotatable bonds is 1. The second-order valence-corrected chi connectivity index (χ2v) is 5.68. The molecule has 2 saturated heterocycles. The minimum absolute atomic E-state index is 0.215. The second kappa shape index (κ2) is 2.17. The van der Waals surface area contributed by atoms with Crippen LogP contribution in [0.2, 0.25) is 0 Å². The van der Waals surface area contributed by atoms with Crippen LogP contribution in [0.4, 0.5) is 0 Å². The van der Waals surface area contributed by atoms with E-state index in [0.29, 0.717) is 5.41 Å². The molecule has 0 saturated carbocycles. The Balaban J connectivity index is 2.05. The predicted octanol–water partition coefficient (Wildman–Crippen LogP) is 2.31. The van der Waals surface area contributed by atoms with Crippen molar-refractivity contribution in [1.82, 2.24) is 0 Å². The summed E-state index contributed by atoms with van der Waals surface area (Å²) in [5.41, 5.74) is 0.728. The minimum atomic E-state index is 0.215. The highest BCUT2D eigenvalue weighted by Crippen LogP contribution is 2.54. The maximum absolute atomic E-state index is 5.64. The molecule has 0 aromatic carbocycles. The van der Waals surface area contributed by atoms with Crippen molar-refractivity contribution in [1.29, 1.82) is 0 Å². The van der Waals surface area contributed by atoms with E-state index in [2.05, 4.69) is 32.5 Å². The largest absolute Gasteiger partial charge is 0.374 e. The summed E-state index contributed by atoms with van der Waals surface area (Å²) in [5.74, 6) is 1.30. The van der Waals surface area contributed by atoms with E-state index in [1.165, 1.54) is 12.2 Å². The molecule has 0 aliphatic carbocycles. The van der Waals surface area contributed by atoms with Gasteiger partial charge in [0.1, 0.15) is 0 Å². The molecule has 1 nitrogen and oxygen atoms in total. The number of ether oxygens (including phenoxy) is 1. The molecule has 0 N–H and O–H groups in total. The van der Waals surface area contributed by atoms with Crippen LogP contribution >= 0.6 is 11.8 Å². The van der Waals surface area contributed by atoms with E-state index >= 15 is 0 Å². The highest BCUT2D eigenvalue weighted by molar-refractivity contribution is 8.01. The first-order chi connectivity index (χ1) is 5.05. The van der Waals surface area contributed by atoms with Gasteiger partial charge in [-0.3, -0.25) is 0 Å². The summed E-state index contributed by atoms with van der Waals surface area (Å²) >= 11 is 2.07. The summed E-state index contributed by atoms with van der Waals surface area (Å²) in [7, 11) is 0. The maximum atomic E-state index is 5.64. The van der Waals surface area contributed by atoms with Gasteiger partial charge >= 0.3 is 0 Å². The Morgan fingerprint density at radius 3 is 2.09 bits per heavy atom. The summed E-state index contributed by atoms with van der Waals surface area (Å²) in [4.78, 5) is 0. The first-order valence-electron chi connectivity index (χ1n) is 4.30. The van der Waals surface area contributed by atoms with Crippen molar-refractivity contribution in [2.24, 2.45) is 5.41 Å². The van der Waals surface area contributed by atoms with Crippen LogP contribution in [0.5, 0.6) is 0 Å². The van der Waals surface area contributed by atoms with Crippen LogP contribution in [0.1, 0.15) is 27.2 Å². The van der Waals surface area contributed by atoms with Crippen molar-refractivity contribution in [2.45, 2.75) is 38.0 Å². The smallest absolute Gasteiger partial charge is 0.0799 e. The van der Waals surface area contributed by atoms with Gasteiger partial charge in [-0.05, 0) is 18.1 Å². The zero-order chi connectivity index (χ0) is 8.11. The summed E-state index contributed by atoms with van der Waals surface area (Å²) in [6.07, 6.45) is 1.26. The normalized spacial score (nSPS) is 47.7. The first-order valence-corrected chi connectivity index (χ1v) is 5.35. The lowest BCUT2D eigenvalue weighted by atomic mass is 9.77. The molecule has 2 rings (SSSR count). The van der Waals surface area contributed by atoms with E-state index in [0.717, 1.165) is 11.9 Å². The lowest BCUT2D eigenvalue weighted by molar-refractivity contribution is -0.149. The van der Waals surface area contributed by atoms with Crippen LogP contribution in [0, 0.1) is 5.41 Å². The quantitative estimate of drug-likeness (QED) is 0.600. The number of hydrogen-bond acceptors (Lipinski definition) is 2. The van der Waals surface area contributed by atoms with Gasteiger partial charge in [0.15, 0.2) is 0 Å². The highest BCUT2D eigenvalue weighted by Gasteiger charge is 2.53. The van der Waals surface area contributed by atoms with Gasteiger partial charge in [-0.1, -0.05) is 13.8 Å². The molecular formula is C9H16OS. The van der Waals surface area contributed by atoms with Crippen molar-refractivity contribution >= 4 is 11.8 Å². The van der Waals surface area contributed by atoms with Gasteiger partial charge in [0.05, 0.1) is 12.2 Å². The molecule has 0 aromatic rings. The van der Waals surface area contributed by atoms with Crippen molar-refractivity contribution in [2.75, 3.05) is 12.4 Å². The maximum Gasteiger partial charge on any atom is 0.0799 e. The Labute approximate surface area is 72.9 Å². The minimum Gasteiger partial charge on any atom is -0.374 e. The monoisotopic (exact) mass is 172 g/mol. The Kier molecular flexibility index (Phi) is 1.56. The number of thioether (sulfide) groups is 1. The second-order valence-electron chi connectivity index (χ2n) is 4.59. The molecule has 0 spiro atoms. The van der Waals surface area contributed by atoms with E-state index in [1.807, 2.05) is 0 Å². The fraction of sp³-hybridized carbons (Fsp3) is 1.00. The molecule has 2 unspecified atom stereocenters. The van der Waals surface area contributed by atoms with Crippen LogP contribution in [-0.2, 0) is 4.74 Å². The third kappa shape index (κ3) is 1.03. The Morgan fingerprint density at radius 1 is 1.36 bits per heavy atom. The highest BCUT2D eigenvalue weighted by atomic mass is 32.2. The lowest BCUT2D eigenvalue weighted by Crippen LogP contribution is -2.60. The molecular weight excluding hydrogens is 156 g/mol. The fourth-order valence-electron chi connectivity index (χ4n) is 2.13. The van der Waals surface area contributed by atoms with Crippen LogP contribution in [0.3, 0.4) is 0 Å². The summed E-state index contributed by atoms with van der Waals surface area (Å²) < 4.78 is 5.64. The average molecular weight is 172 g/mol. The van der Waals surface area contributed by atoms with Gasteiger partial charge in [0.2, 0.25) is 0 Å². The molecule has 64 valence electrons. The Bertz CT molecular complexity index is 172. The average Bonchev–Trinajstić information content (AvgIpc) is 1.82. The fourth-order valence-corrected chi connectivity index (χ4v) is 3.67. The lowest BCUT2D eigenvalue weighted by Gasteiger charge is -2.56. The van der Waals surface area contributed by atoms with E-state index < -0.39 is 0 Å². The molecule has 0 amide bonds. The first kappa shape index (κ1) is 7.93. The molecule has 2 heteroatoms. The van der Waals surface area contributed by atoms with Crippen molar-refractivity contribution in [3.8, 4) is 0 Å². The van der Waals surface area contributed by atoms with Crippen molar-refractivity contribution in [3.63, 3.8) is 0 Å². The molecule has 0 aromatic heterocycles. The molecule has 11 heavy (non-hydrogen) atoms. The van der Waals surface area contributed by atoms with Crippen LogP contribution < -0.4 is 0 Å². The summed E-state index contributed by atoms with van der Waals surface area (Å²) in [5, 5.41) is 0.740. The van der Waals surface area contributed by atoms with E-state index in [9.17, 15) is 0 Å². The zero-order valence-electron chi connectivity index (χ0n) is 7.52. The van der Waals surface area contributed by atoms with E-state index in [1.54, 1.807) is 0 Å².